The third-order valence-corrected chi connectivity index (χ3v) is 5.57. The van der Waals surface area contributed by atoms with Crippen LogP contribution < -0.4 is 5.32 Å². The van der Waals surface area contributed by atoms with Crippen molar-refractivity contribution < 1.29 is 13.6 Å². The summed E-state index contributed by atoms with van der Waals surface area (Å²) in [4.78, 5) is 14.2. The number of amides is 1. The van der Waals surface area contributed by atoms with Gasteiger partial charge >= 0.3 is 0 Å². The molecular formula is C22H19F2N3O. The van der Waals surface area contributed by atoms with E-state index in [0.717, 1.165) is 23.7 Å². The first-order chi connectivity index (χ1) is 13.5. The average Bonchev–Trinajstić information content (AvgIpc) is 2.68. The summed E-state index contributed by atoms with van der Waals surface area (Å²) in [6.45, 7) is 1.87. The SMILES string of the molecule is CC1C(c2ccc(F)cc2F)C2NC(CCc3ccc(C#N)cc3)=CC(=O)N12. The van der Waals surface area contributed by atoms with Crippen LogP contribution in [0.4, 0.5) is 8.78 Å². The maximum atomic E-state index is 14.3. The van der Waals surface area contributed by atoms with Gasteiger partial charge in [0.25, 0.3) is 0 Å². The van der Waals surface area contributed by atoms with E-state index in [2.05, 4.69) is 11.4 Å². The Kier molecular flexibility index (Phi) is 4.60. The molecule has 0 aliphatic carbocycles. The van der Waals surface area contributed by atoms with Crippen molar-refractivity contribution in [3.63, 3.8) is 0 Å². The van der Waals surface area contributed by atoms with E-state index in [4.69, 9.17) is 5.26 Å². The van der Waals surface area contributed by atoms with Crippen molar-refractivity contribution in [2.24, 2.45) is 0 Å². The minimum absolute atomic E-state index is 0.0927. The molecule has 0 spiro atoms. The van der Waals surface area contributed by atoms with Crippen molar-refractivity contribution in [1.29, 1.82) is 5.26 Å². The summed E-state index contributed by atoms with van der Waals surface area (Å²) in [5.41, 5.74) is 2.90. The molecule has 1 N–H and O–H groups in total. The van der Waals surface area contributed by atoms with Gasteiger partial charge in [-0.2, -0.15) is 5.26 Å². The molecular weight excluding hydrogens is 360 g/mol. The molecule has 0 saturated carbocycles. The van der Waals surface area contributed by atoms with Gasteiger partial charge in [-0.1, -0.05) is 18.2 Å². The highest BCUT2D eigenvalue weighted by Crippen LogP contribution is 2.42. The molecule has 3 atom stereocenters. The first-order valence-corrected chi connectivity index (χ1v) is 9.21. The molecule has 2 aliphatic heterocycles. The number of nitrogens with one attached hydrogen (secondary N) is 1. The molecule has 0 radical (unpaired) electrons. The van der Waals surface area contributed by atoms with E-state index in [1.807, 2.05) is 19.1 Å². The Balaban J connectivity index is 1.48. The van der Waals surface area contributed by atoms with Gasteiger partial charge in [0.2, 0.25) is 5.91 Å². The number of aryl methyl sites for hydroxylation is 1. The van der Waals surface area contributed by atoms with Crippen LogP contribution in [0.1, 0.15) is 36.0 Å². The van der Waals surface area contributed by atoms with Crippen molar-refractivity contribution in [3.05, 3.63) is 82.6 Å². The lowest BCUT2D eigenvalue weighted by molar-refractivity contribution is -0.144. The van der Waals surface area contributed by atoms with E-state index >= 15 is 0 Å². The van der Waals surface area contributed by atoms with Gasteiger partial charge in [0.15, 0.2) is 0 Å². The van der Waals surface area contributed by atoms with Crippen LogP contribution in [0.2, 0.25) is 0 Å². The zero-order valence-corrected chi connectivity index (χ0v) is 15.3. The van der Waals surface area contributed by atoms with Crippen LogP contribution in [0, 0.1) is 23.0 Å². The second-order valence-corrected chi connectivity index (χ2v) is 7.25. The summed E-state index contributed by atoms with van der Waals surface area (Å²) < 4.78 is 27.5. The molecule has 0 aromatic heterocycles. The van der Waals surface area contributed by atoms with Gasteiger partial charge in [-0.3, -0.25) is 4.79 Å². The number of benzene rings is 2. The predicted molar refractivity (Wildman–Crippen MR) is 99.9 cm³/mol. The lowest BCUT2D eigenvalue weighted by Crippen LogP contribution is -2.70. The number of nitriles is 1. The number of hydrogen-bond acceptors (Lipinski definition) is 3. The zero-order valence-electron chi connectivity index (χ0n) is 15.3. The van der Waals surface area contributed by atoms with E-state index in [9.17, 15) is 13.6 Å². The lowest BCUT2D eigenvalue weighted by atomic mass is 9.78. The lowest BCUT2D eigenvalue weighted by Gasteiger charge is -2.56. The molecule has 2 aromatic rings. The van der Waals surface area contributed by atoms with Crippen LogP contribution in [-0.2, 0) is 11.2 Å². The Morgan fingerprint density at radius 3 is 2.57 bits per heavy atom. The summed E-state index contributed by atoms with van der Waals surface area (Å²) >= 11 is 0. The molecule has 1 amide bonds. The van der Waals surface area contributed by atoms with Crippen LogP contribution >= 0.6 is 0 Å². The number of rotatable bonds is 4. The molecule has 6 heteroatoms. The second-order valence-electron chi connectivity index (χ2n) is 7.25. The number of fused-ring (bicyclic) bond motifs is 1. The average molecular weight is 379 g/mol. The molecule has 3 unspecified atom stereocenters. The fraction of sp³-hybridized carbons (Fsp3) is 0.273. The molecule has 2 aromatic carbocycles. The van der Waals surface area contributed by atoms with Crippen LogP contribution in [0.3, 0.4) is 0 Å². The van der Waals surface area contributed by atoms with Gasteiger partial charge in [-0.25, -0.2) is 8.78 Å². The Morgan fingerprint density at radius 2 is 1.89 bits per heavy atom. The van der Waals surface area contributed by atoms with Gasteiger partial charge in [-0.05, 0) is 49.1 Å². The summed E-state index contributed by atoms with van der Waals surface area (Å²) in [5.74, 6) is -1.52. The van der Waals surface area contributed by atoms with E-state index in [1.54, 1.807) is 23.1 Å². The molecule has 4 nitrogen and oxygen atoms in total. The molecule has 4 rings (SSSR count). The molecule has 2 heterocycles. The van der Waals surface area contributed by atoms with Crippen LogP contribution in [-0.4, -0.2) is 23.0 Å². The third kappa shape index (κ3) is 3.13. The minimum Gasteiger partial charge on any atom is -0.368 e. The van der Waals surface area contributed by atoms with Gasteiger partial charge in [-0.15, -0.1) is 0 Å². The summed E-state index contributed by atoms with van der Waals surface area (Å²) in [6, 6.07) is 12.9. The molecule has 28 heavy (non-hydrogen) atoms. The molecule has 2 aliphatic rings. The molecule has 1 saturated heterocycles. The first-order valence-electron chi connectivity index (χ1n) is 9.21. The fourth-order valence-electron chi connectivity index (χ4n) is 4.09. The van der Waals surface area contributed by atoms with E-state index < -0.39 is 11.6 Å². The highest BCUT2D eigenvalue weighted by atomic mass is 19.1. The maximum Gasteiger partial charge on any atom is 0.250 e. The normalized spacial score (nSPS) is 23.2. The van der Waals surface area contributed by atoms with Gasteiger partial charge in [0, 0.05) is 29.8 Å². The Hall–Kier alpha value is -3.20. The first kappa shape index (κ1) is 18.2. The summed E-state index contributed by atoms with van der Waals surface area (Å²) in [6.07, 6.45) is 2.61. The smallest absolute Gasteiger partial charge is 0.250 e. The van der Waals surface area contributed by atoms with Gasteiger partial charge < -0.3 is 10.2 Å². The second kappa shape index (κ2) is 7.08. The quantitative estimate of drug-likeness (QED) is 0.883. The molecule has 142 valence electrons. The van der Waals surface area contributed by atoms with Crippen molar-refractivity contribution in [2.75, 3.05) is 0 Å². The third-order valence-electron chi connectivity index (χ3n) is 5.57. The van der Waals surface area contributed by atoms with Gasteiger partial charge in [0.05, 0.1) is 11.6 Å². The largest absolute Gasteiger partial charge is 0.368 e. The van der Waals surface area contributed by atoms with Crippen molar-refractivity contribution in [1.82, 2.24) is 10.2 Å². The number of carbonyl (C=O) groups excluding carboxylic acids is 1. The number of hydrogen-bond donors (Lipinski definition) is 1. The molecule has 1 fully saturated rings. The number of carbonyl (C=O) groups is 1. The van der Waals surface area contributed by atoms with Crippen molar-refractivity contribution in [2.45, 2.75) is 37.9 Å². The highest BCUT2D eigenvalue weighted by Gasteiger charge is 2.51. The van der Waals surface area contributed by atoms with E-state index in [0.29, 0.717) is 17.5 Å². The van der Waals surface area contributed by atoms with Crippen LogP contribution in [0.15, 0.2) is 54.2 Å². The fourth-order valence-corrected chi connectivity index (χ4v) is 4.09. The van der Waals surface area contributed by atoms with Crippen LogP contribution in [0.5, 0.6) is 0 Å². The Bertz CT molecular complexity index is 994. The van der Waals surface area contributed by atoms with E-state index in [-0.39, 0.29) is 24.0 Å². The highest BCUT2D eigenvalue weighted by molar-refractivity contribution is 5.91. The topological polar surface area (TPSA) is 56.1 Å². The van der Waals surface area contributed by atoms with Gasteiger partial charge in [0.1, 0.15) is 17.8 Å². The number of allylic oxidation sites excluding steroid dienone is 1. The monoisotopic (exact) mass is 379 g/mol. The van der Waals surface area contributed by atoms with Crippen molar-refractivity contribution in [3.8, 4) is 6.07 Å². The predicted octanol–water partition coefficient (Wildman–Crippen LogP) is 3.60. The Labute approximate surface area is 162 Å². The number of nitrogens with zero attached hydrogens (tertiary/aromatic N) is 2. The number of halogens is 2. The zero-order chi connectivity index (χ0) is 19.8. The summed E-state index contributed by atoms with van der Waals surface area (Å²) in [5, 5.41) is 12.2. The Morgan fingerprint density at radius 1 is 1.14 bits per heavy atom. The standard InChI is InChI=1S/C22H19F2N3O/c1-13-21(18-9-7-16(23)10-19(18)24)22-26-17(11-20(28)27(13)22)8-6-14-2-4-15(12-25)5-3-14/h2-5,7,9-11,13,21-22,26H,6,8H2,1H3. The van der Waals surface area contributed by atoms with Crippen molar-refractivity contribution >= 4 is 5.91 Å². The summed E-state index contributed by atoms with van der Waals surface area (Å²) in [7, 11) is 0. The molecule has 0 bridgehead atoms. The van der Waals surface area contributed by atoms with E-state index in [1.165, 1.54) is 12.1 Å². The van der Waals surface area contributed by atoms with Crippen LogP contribution in [0.25, 0.3) is 0 Å². The maximum absolute atomic E-state index is 14.3. The minimum atomic E-state index is -0.610.